The van der Waals surface area contributed by atoms with Crippen molar-refractivity contribution in [2.45, 2.75) is 51.0 Å². The Bertz CT molecular complexity index is 1300. The topological polar surface area (TPSA) is 146 Å². The van der Waals surface area contributed by atoms with Crippen molar-refractivity contribution in [1.82, 2.24) is 34.9 Å². The summed E-state index contributed by atoms with van der Waals surface area (Å²) in [6.07, 6.45) is 4.56. The number of nitrogen functional groups attached to an aromatic ring is 1. The van der Waals surface area contributed by atoms with Gasteiger partial charge in [0.25, 0.3) is 5.91 Å². The molecule has 4 heterocycles. The van der Waals surface area contributed by atoms with Crippen LogP contribution in [-0.2, 0) is 23.1 Å². The van der Waals surface area contributed by atoms with Gasteiger partial charge in [0.15, 0.2) is 5.13 Å². The number of anilines is 2. The fourth-order valence-electron chi connectivity index (χ4n) is 5.16. The number of rotatable bonds is 5. The number of carbonyl (C=O) groups excluding carboxylic acids is 2. The van der Waals surface area contributed by atoms with E-state index < -0.39 is 0 Å². The van der Waals surface area contributed by atoms with E-state index in [9.17, 15) is 9.59 Å². The van der Waals surface area contributed by atoms with Crippen LogP contribution in [0.1, 0.15) is 54.0 Å². The highest BCUT2D eigenvalue weighted by molar-refractivity contribution is 7.14. The third-order valence-corrected chi connectivity index (χ3v) is 7.87. The molecular formula is C24H31N9O2S. The molecule has 5 rings (SSSR count). The van der Waals surface area contributed by atoms with Gasteiger partial charge < -0.3 is 15.5 Å². The van der Waals surface area contributed by atoms with E-state index in [1.165, 1.54) is 11.3 Å². The Labute approximate surface area is 213 Å². The predicted molar refractivity (Wildman–Crippen MR) is 138 cm³/mol. The number of H-pyrrole nitrogens is 1. The molecule has 4 N–H and O–H groups in total. The van der Waals surface area contributed by atoms with Gasteiger partial charge in [-0.15, -0.1) is 11.3 Å². The van der Waals surface area contributed by atoms with E-state index in [-0.39, 0.29) is 29.6 Å². The summed E-state index contributed by atoms with van der Waals surface area (Å²) in [6, 6.07) is 0.520. The molecule has 3 aromatic heterocycles. The molecule has 2 aliphatic rings. The van der Waals surface area contributed by atoms with Gasteiger partial charge in [-0.05, 0) is 44.3 Å². The predicted octanol–water partition coefficient (Wildman–Crippen LogP) is 2.09. The Morgan fingerprint density at radius 3 is 2.72 bits per heavy atom. The van der Waals surface area contributed by atoms with E-state index in [0.717, 1.165) is 37.1 Å². The van der Waals surface area contributed by atoms with Crippen LogP contribution in [0.25, 0.3) is 11.4 Å². The Morgan fingerprint density at radius 2 is 2.00 bits per heavy atom. The van der Waals surface area contributed by atoms with Gasteiger partial charge in [-0.25, -0.2) is 15.0 Å². The van der Waals surface area contributed by atoms with Gasteiger partial charge in [-0.1, -0.05) is 13.8 Å². The van der Waals surface area contributed by atoms with Crippen molar-refractivity contribution in [2.24, 2.45) is 0 Å². The first-order chi connectivity index (χ1) is 17.1. The normalized spacial score (nSPS) is 17.1. The van der Waals surface area contributed by atoms with Gasteiger partial charge in [0, 0.05) is 36.3 Å². The molecule has 1 saturated heterocycles. The highest BCUT2D eigenvalue weighted by atomic mass is 32.1. The Kier molecular flexibility index (Phi) is 6.25. The molecule has 3 aromatic rings. The summed E-state index contributed by atoms with van der Waals surface area (Å²) in [5.41, 5.74) is 9.47. The molecule has 12 heteroatoms. The Morgan fingerprint density at radius 1 is 1.25 bits per heavy atom. The van der Waals surface area contributed by atoms with Gasteiger partial charge >= 0.3 is 0 Å². The summed E-state index contributed by atoms with van der Waals surface area (Å²) >= 11 is 1.30. The van der Waals surface area contributed by atoms with Crippen LogP contribution in [0.3, 0.4) is 0 Å². The summed E-state index contributed by atoms with van der Waals surface area (Å²) in [6.45, 7) is 5.64. The number of fused-ring (bicyclic) bond motifs is 3. The third kappa shape index (κ3) is 4.58. The monoisotopic (exact) mass is 509 g/mol. The molecule has 2 amide bonds. The van der Waals surface area contributed by atoms with Gasteiger partial charge in [0.05, 0.1) is 17.8 Å². The lowest BCUT2D eigenvalue weighted by atomic mass is 9.73. The molecule has 0 spiro atoms. The standard InChI is InChI=1S/C24H31N9O2S/c1-24(2)10-13-11-26-22(25)28-18(13)19-17(24)20(31-30-19)21(35)29-23-27-14(12-36-23)9-16(34)33-7-5-15(6-8-33)32(3)4/h11-12,15H,5-10H2,1-4H3,(H,30,31)(H2,25,26,28)(H,27,29,35). The molecule has 0 saturated carbocycles. The number of carbonyl (C=O) groups is 2. The van der Waals surface area contributed by atoms with Crippen molar-refractivity contribution in [3.05, 3.63) is 34.1 Å². The lowest BCUT2D eigenvalue weighted by Crippen LogP contribution is -2.45. The molecule has 11 nitrogen and oxygen atoms in total. The first-order valence-electron chi connectivity index (χ1n) is 12.0. The van der Waals surface area contributed by atoms with Crippen molar-refractivity contribution < 1.29 is 9.59 Å². The number of piperidine rings is 1. The highest BCUT2D eigenvalue weighted by Crippen LogP contribution is 2.42. The maximum Gasteiger partial charge on any atom is 0.275 e. The SMILES string of the molecule is CN(C)C1CCN(C(=O)Cc2csc(NC(=O)c3[nH]nc4c3C(C)(C)Cc3cnc(N)nc3-4)n2)CC1. The summed E-state index contributed by atoms with van der Waals surface area (Å²) in [7, 11) is 4.16. The average molecular weight is 510 g/mol. The lowest BCUT2D eigenvalue weighted by molar-refractivity contribution is -0.132. The van der Waals surface area contributed by atoms with Crippen molar-refractivity contribution in [3.63, 3.8) is 0 Å². The van der Waals surface area contributed by atoms with Crippen molar-refractivity contribution in [1.29, 1.82) is 0 Å². The van der Waals surface area contributed by atoms with Crippen LogP contribution in [0, 0.1) is 0 Å². The third-order valence-electron chi connectivity index (χ3n) is 7.06. The maximum atomic E-state index is 13.2. The first kappa shape index (κ1) is 24.3. The van der Waals surface area contributed by atoms with Crippen LogP contribution >= 0.6 is 11.3 Å². The number of thiazole rings is 1. The lowest BCUT2D eigenvalue weighted by Gasteiger charge is -2.35. The van der Waals surface area contributed by atoms with E-state index in [1.54, 1.807) is 6.20 Å². The van der Waals surface area contributed by atoms with Crippen LogP contribution in [0.2, 0.25) is 0 Å². The molecule has 0 atom stereocenters. The minimum absolute atomic E-state index is 0.0692. The second-order valence-corrected chi connectivity index (χ2v) is 11.2. The quantitative estimate of drug-likeness (QED) is 0.474. The summed E-state index contributed by atoms with van der Waals surface area (Å²) in [5.74, 6) is -0.0969. The zero-order valence-electron chi connectivity index (χ0n) is 21.0. The molecule has 0 aromatic carbocycles. The Hall–Kier alpha value is -3.38. The Balaban J connectivity index is 1.27. The van der Waals surface area contributed by atoms with E-state index in [2.05, 4.69) is 63.3 Å². The molecule has 1 fully saturated rings. The van der Waals surface area contributed by atoms with Gasteiger partial charge in [-0.3, -0.25) is 20.0 Å². The number of likely N-dealkylation sites (tertiary alicyclic amines) is 1. The number of nitrogens with zero attached hydrogens (tertiary/aromatic N) is 6. The number of aromatic amines is 1. The van der Waals surface area contributed by atoms with Crippen LogP contribution in [0.4, 0.5) is 11.1 Å². The summed E-state index contributed by atoms with van der Waals surface area (Å²) in [5, 5.41) is 12.4. The molecule has 0 unspecified atom stereocenters. The largest absolute Gasteiger partial charge is 0.368 e. The van der Waals surface area contributed by atoms with Crippen LogP contribution < -0.4 is 11.1 Å². The molecule has 1 aliphatic carbocycles. The van der Waals surface area contributed by atoms with Crippen molar-refractivity contribution >= 4 is 34.2 Å². The van der Waals surface area contributed by atoms with E-state index in [1.807, 2.05) is 10.3 Å². The zero-order valence-corrected chi connectivity index (χ0v) is 21.8. The van der Waals surface area contributed by atoms with Crippen molar-refractivity contribution in [3.8, 4) is 11.4 Å². The number of nitrogens with two attached hydrogens (primary N) is 1. The molecule has 1 aliphatic heterocycles. The fraction of sp³-hybridized carbons (Fsp3) is 0.500. The number of aromatic nitrogens is 5. The van der Waals surface area contributed by atoms with Crippen molar-refractivity contribution in [2.75, 3.05) is 38.2 Å². The van der Waals surface area contributed by atoms with E-state index in [4.69, 9.17) is 5.73 Å². The van der Waals surface area contributed by atoms with E-state index >= 15 is 0 Å². The number of amides is 2. The number of hydrogen-bond acceptors (Lipinski definition) is 9. The van der Waals surface area contributed by atoms with Gasteiger partial charge in [-0.2, -0.15) is 5.10 Å². The minimum Gasteiger partial charge on any atom is -0.368 e. The highest BCUT2D eigenvalue weighted by Gasteiger charge is 2.38. The van der Waals surface area contributed by atoms with E-state index in [0.29, 0.717) is 40.4 Å². The summed E-state index contributed by atoms with van der Waals surface area (Å²) in [4.78, 5) is 43.1. The zero-order chi connectivity index (χ0) is 25.6. The van der Waals surface area contributed by atoms with Gasteiger partial charge in [0.1, 0.15) is 11.4 Å². The average Bonchev–Trinajstić information content (AvgIpc) is 3.47. The first-order valence-corrected chi connectivity index (χ1v) is 12.9. The number of nitrogens with one attached hydrogen (secondary N) is 2. The van der Waals surface area contributed by atoms with Crippen LogP contribution in [0.5, 0.6) is 0 Å². The minimum atomic E-state index is -0.359. The second kappa shape index (κ2) is 9.25. The second-order valence-electron chi connectivity index (χ2n) is 10.3. The maximum absolute atomic E-state index is 13.2. The van der Waals surface area contributed by atoms with Crippen LogP contribution in [0.15, 0.2) is 11.6 Å². The van der Waals surface area contributed by atoms with Crippen LogP contribution in [-0.4, -0.2) is 80.0 Å². The molecule has 0 bridgehead atoms. The molecule has 0 radical (unpaired) electrons. The molecular weight excluding hydrogens is 478 g/mol. The molecule has 190 valence electrons. The smallest absolute Gasteiger partial charge is 0.275 e. The number of hydrogen-bond donors (Lipinski definition) is 3. The summed E-state index contributed by atoms with van der Waals surface area (Å²) < 4.78 is 0. The van der Waals surface area contributed by atoms with Gasteiger partial charge in [0.2, 0.25) is 11.9 Å². The fourth-order valence-corrected chi connectivity index (χ4v) is 5.86. The molecule has 36 heavy (non-hydrogen) atoms.